The molecule has 0 saturated heterocycles. The van der Waals surface area contributed by atoms with Crippen LogP contribution in [-0.2, 0) is 9.48 Å². The minimum Gasteiger partial charge on any atom is -0.494 e. The monoisotopic (exact) mass is 467 g/mol. The molecule has 0 N–H and O–H groups in total. The Morgan fingerprint density at radius 3 is 1.53 bits per heavy atom. The van der Waals surface area contributed by atoms with Crippen molar-refractivity contribution in [2.45, 2.75) is 18.6 Å². The Morgan fingerprint density at radius 1 is 0.647 bits per heavy atom. The summed E-state index contributed by atoms with van der Waals surface area (Å²) in [5, 5.41) is 0.614. The summed E-state index contributed by atoms with van der Waals surface area (Å²) in [5.41, 5.74) is 4.31. The predicted molar refractivity (Wildman–Crippen MR) is 143 cm³/mol. The van der Waals surface area contributed by atoms with E-state index in [1.165, 1.54) is 0 Å². The molecule has 3 nitrogen and oxygen atoms in total. The molecule has 0 amide bonds. The molecule has 4 heteroatoms. The Labute approximate surface area is 206 Å². The van der Waals surface area contributed by atoms with Gasteiger partial charge in [-0.05, 0) is 66.6 Å². The van der Waals surface area contributed by atoms with E-state index in [0.29, 0.717) is 18.4 Å². The standard InChI is InChI=1S/C30H29NO2S/c1-3-32-28-22-20-27(21-23-28)31-29(33-4-2)34-30(24-14-8-5-9-15-24,25-16-10-6-11-17-25)26-18-12-7-13-19-26/h5-23H,3-4H2,1-2H3. The third-order valence-corrected chi connectivity index (χ3v) is 6.81. The molecule has 0 spiro atoms. The summed E-state index contributed by atoms with van der Waals surface area (Å²) in [6.07, 6.45) is 0. The number of ether oxygens (including phenoxy) is 2. The smallest absolute Gasteiger partial charge is 0.252 e. The third-order valence-electron chi connectivity index (χ3n) is 5.42. The number of thioether (sulfide) groups is 1. The second-order valence-electron chi connectivity index (χ2n) is 7.62. The normalized spacial score (nSPS) is 11.8. The summed E-state index contributed by atoms with van der Waals surface area (Å²) < 4.78 is 11.2. The zero-order valence-corrected chi connectivity index (χ0v) is 20.4. The molecule has 0 radical (unpaired) electrons. The quantitative estimate of drug-likeness (QED) is 0.150. The van der Waals surface area contributed by atoms with Gasteiger partial charge in [-0.15, -0.1) is 0 Å². The van der Waals surface area contributed by atoms with Gasteiger partial charge in [-0.25, -0.2) is 4.99 Å². The van der Waals surface area contributed by atoms with Crippen LogP contribution in [0.3, 0.4) is 0 Å². The number of benzene rings is 4. The van der Waals surface area contributed by atoms with Crippen LogP contribution in [0.25, 0.3) is 0 Å². The van der Waals surface area contributed by atoms with E-state index < -0.39 is 4.75 Å². The molecule has 4 aromatic carbocycles. The van der Waals surface area contributed by atoms with Gasteiger partial charge >= 0.3 is 0 Å². The molecular weight excluding hydrogens is 438 g/mol. The van der Waals surface area contributed by atoms with Crippen LogP contribution in [0, 0.1) is 0 Å². The van der Waals surface area contributed by atoms with E-state index in [1.807, 2.05) is 56.3 Å². The molecule has 0 aliphatic carbocycles. The largest absolute Gasteiger partial charge is 0.494 e. The van der Waals surface area contributed by atoms with Crippen molar-refractivity contribution >= 4 is 22.7 Å². The maximum Gasteiger partial charge on any atom is 0.252 e. The van der Waals surface area contributed by atoms with Crippen LogP contribution in [0.2, 0.25) is 0 Å². The highest BCUT2D eigenvalue weighted by Crippen LogP contribution is 2.49. The van der Waals surface area contributed by atoms with Gasteiger partial charge in [0.25, 0.3) is 5.23 Å². The lowest BCUT2D eigenvalue weighted by molar-refractivity contribution is 0.337. The zero-order chi connectivity index (χ0) is 23.6. The van der Waals surface area contributed by atoms with Crippen LogP contribution in [-0.4, -0.2) is 18.4 Å². The van der Waals surface area contributed by atoms with Crippen molar-refractivity contribution in [2.75, 3.05) is 13.2 Å². The van der Waals surface area contributed by atoms with Crippen LogP contribution in [0.1, 0.15) is 30.5 Å². The highest BCUT2D eigenvalue weighted by Gasteiger charge is 2.39. The lowest BCUT2D eigenvalue weighted by Crippen LogP contribution is -2.28. The van der Waals surface area contributed by atoms with Crippen molar-refractivity contribution in [1.29, 1.82) is 0 Å². The van der Waals surface area contributed by atoms with Crippen molar-refractivity contribution in [2.24, 2.45) is 4.99 Å². The van der Waals surface area contributed by atoms with Crippen LogP contribution in [0.5, 0.6) is 5.75 Å². The summed E-state index contributed by atoms with van der Waals surface area (Å²) in [4.78, 5) is 4.91. The molecular formula is C30H29NO2S. The number of aliphatic imine (C=N–C) groups is 1. The van der Waals surface area contributed by atoms with Gasteiger partial charge < -0.3 is 9.47 Å². The molecule has 34 heavy (non-hydrogen) atoms. The fourth-order valence-corrected chi connectivity index (χ4v) is 5.27. The maximum atomic E-state index is 6.13. The summed E-state index contributed by atoms with van der Waals surface area (Å²) in [5.74, 6) is 0.833. The van der Waals surface area contributed by atoms with Crippen LogP contribution in [0.4, 0.5) is 5.69 Å². The van der Waals surface area contributed by atoms with Crippen molar-refractivity contribution in [3.63, 3.8) is 0 Å². The molecule has 0 unspecified atom stereocenters. The SMILES string of the molecule is CCOC(=Nc1ccc(OCC)cc1)SC(c1ccccc1)(c1ccccc1)c1ccccc1. The van der Waals surface area contributed by atoms with E-state index in [2.05, 4.69) is 72.8 Å². The average molecular weight is 468 g/mol. The molecule has 0 bridgehead atoms. The number of hydrogen-bond donors (Lipinski definition) is 0. The molecule has 4 rings (SSSR count). The van der Waals surface area contributed by atoms with Crippen LogP contribution in [0.15, 0.2) is 120 Å². The van der Waals surface area contributed by atoms with Crippen molar-refractivity contribution < 1.29 is 9.47 Å². The fourth-order valence-electron chi connectivity index (χ4n) is 3.92. The maximum absolute atomic E-state index is 6.13. The summed E-state index contributed by atoms with van der Waals surface area (Å²) in [6.45, 7) is 5.13. The van der Waals surface area contributed by atoms with Crippen molar-refractivity contribution in [3.05, 3.63) is 132 Å². The topological polar surface area (TPSA) is 30.8 Å². The van der Waals surface area contributed by atoms with Crippen LogP contribution < -0.4 is 4.74 Å². The van der Waals surface area contributed by atoms with Gasteiger partial charge in [0.15, 0.2) is 0 Å². The van der Waals surface area contributed by atoms with Gasteiger partial charge in [0.05, 0.1) is 23.6 Å². The Bertz CT molecular complexity index is 1080. The average Bonchev–Trinajstić information content (AvgIpc) is 2.90. The van der Waals surface area contributed by atoms with Crippen molar-refractivity contribution in [3.8, 4) is 5.75 Å². The Hall–Kier alpha value is -3.50. The minimum atomic E-state index is -0.539. The van der Waals surface area contributed by atoms with Gasteiger partial charge in [-0.1, -0.05) is 91.0 Å². The van der Waals surface area contributed by atoms with E-state index in [-0.39, 0.29) is 0 Å². The Kier molecular flexibility index (Phi) is 8.05. The highest BCUT2D eigenvalue weighted by molar-refractivity contribution is 8.14. The lowest BCUT2D eigenvalue weighted by Gasteiger charge is -2.35. The minimum absolute atomic E-state index is 0.525. The predicted octanol–water partition coefficient (Wildman–Crippen LogP) is 7.83. The molecule has 4 aromatic rings. The molecule has 0 saturated carbocycles. The number of rotatable bonds is 8. The molecule has 0 aliphatic heterocycles. The molecule has 0 heterocycles. The number of hydrogen-bond acceptors (Lipinski definition) is 4. The Morgan fingerprint density at radius 2 is 1.12 bits per heavy atom. The molecule has 0 fully saturated rings. The van der Waals surface area contributed by atoms with Crippen molar-refractivity contribution in [1.82, 2.24) is 0 Å². The first-order chi connectivity index (χ1) is 16.8. The summed E-state index contributed by atoms with van der Waals surface area (Å²) in [6, 6.07) is 39.5. The fraction of sp³-hybridized carbons (Fsp3) is 0.167. The van der Waals surface area contributed by atoms with E-state index >= 15 is 0 Å². The number of nitrogens with zero attached hydrogens (tertiary/aromatic N) is 1. The van der Waals surface area contributed by atoms with E-state index in [9.17, 15) is 0 Å². The van der Waals surface area contributed by atoms with Gasteiger partial charge in [0.2, 0.25) is 0 Å². The van der Waals surface area contributed by atoms with E-state index in [1.54, 1.807) is 11.8 Å². The summed E-state index contributed by atoms with van der Waals surface area (Å²) in [7, 11) is 0. The Balaban J connectivity index is 1.87. The van der Waals surface area contributed by atoms with E-state index in [4.69, 9.17) is 14.5 Å². The third kappa shape index (κ3) is 5.35. The summed E-state index contributed by atoms with van der Waals surface area (Å²) >= 11 is 1.63. The molecule has 172 valence electrons. The second kappa shape index (κ2) is 11.6. The molecule has 0 aromatic heterocycles. The van der Waals surface area contributed by atoms with Gasteiger partial charge in [0, 0.05) is 0 Å². The lowest BCUT2D eigenvalue weighted by atomic mass is 9.84. The van der Waals surface area contributed by atoms with Gasteiger partial charge in [-0.2, -0.15) is 0 Å². The van der Waals surface area contributed by atoms with Crippen LogP contribution >= 0.6 is 11.8 Å². The van der Waals surface area contributed by atoms with Gasteiger partial charge in [0.1, 0.15) is 5.75 Å². The first-order valence-electron chi connectivity index (χ1n) is 11.6. The van der Waals surface area contributed by atoms with Gasteiger partial charge in [-0.3, -0.25) is 0 Å². The zero-order valence-electron chi connectivity index (χ0n) is 19.6. The highest BCUT2D eigenvalue weighted by atomic mass is 32.2. The first-order valence-corrected chi connectivity index (χ1v) is 12.4. The molecule has 0 atom stereocenters. The van der Waals surface area contributed by atoms with E-state index in [0.717, 1.165) is 28.1 Å². The first kappa shape index (κ1) is 23.7. The second-order valence-corrected chi connectivity index (χ2v) is 8.78. The molecule has 0 aliphatic rings.